The molecular weight excluding hydrogens is 249 g/mol. The highest BCUT2D eigenvalue weighted by Crippen LogP contribution is 2.27. The first-order chi connectivity index (χ1) is 7.16. The number of benzene rings is 1. The summed E-state index contributed by atoms with van der Waals surface area (Å²) in [6.45, 7) is 0. The molecule has 0 bridgehead atoms. The predicted molar refractivity (Wildman–Crippen MR) is 65.2 cm³/mol. The van der Waals surface area contributed by atoms with Crippen molar-refractivity contribution in [2.75, 3.05) is 0 Å². The van der Waals surface area contributed by atoms with Crippen LogP contribution in [-0.2, 0) is 4.79 Å². The lowest BCUT2D eigenvalue weighted by molar-refractivity contribution is -0.139. The number of carbonyl (C=O) groups is 1. The molecule has 88 valence electrons. The van der Waals surface area contributed by atoms with Crippen molar-refractivity contribution in [2.45, 2.75) is 24.9 Å². The molecule has 0 aromatic heterocycles. The number of carboxylic acid groups (broad SMARTS) is 1. The Balaban J connectivity index is 0.00000128. The highest BCUT2D eigenvalue weighted by Gasteiger charge is 2.29. The fourth-order valence-electron chi connectivity index (χ4n) is 1.90. The van der Waals surface area contributed by atoms with E-state index in [0.717, 1.165) is 12.0 Å². The van der Waals surface area contributed by atoms with Gasteiger partial charge in [-0.1, -0.05) is 23.7 Å². The average molecular weight is 262 g/mol. The first-order valence-electron chi connectivity index (χ1n) is 4.91. The van der Waals surface area contributed by atoms with Crippen molar-refractivity contribution in [1.82, 2.24) is 5.32 Å². The molecule has 1 saturated heterocycles. The van der Waals surface area contributed by atoms with E-state index in [-0.39, 0.29) is 18.4 Å². The Morgan fingerprint density at radius 1 is 1.31 bits per heavy atom. The molecule has 2 atom stereocenters. The lowest BCUT2D eigenvalue weighted by atomic mass is 10.1. The Hall–Kier alpha value is -0.770. The predicted octanol–water partition coefficient (Wildman–Crippen LogP) is 2.64. The van der Waals surface area contributed by atoms with E-state index in [2.05, 4.69) is 5.32 Å². The maximum atomic E-state index is 10.7. The number of halogens is 2. The molecule has 2 rings (SSSR count). The maximum absolute atomic E-state index is 10.7. The zero-order chi connectivity index (χ0) is 10.8. The molecule has 0 spiro atoms. The molecule has 0 saturated carbocycles. The number of hydrogen-bond donors (Lipinski definition) is 2. The van der Waals surface area contributed by atoms with Crippen molar-refractivity contribution < 1.29 is 9.90 Å². The van der Waals surface area contributed by atoms with Crippen LogP contribution < -0.4 is 5.32 Å². The van der Waals surface area contributed by atoms with Gasteiger partial charge in [-0.25, -0.2) is 0 Å². The molecule has 3 nitrogen and oxygen atoms in total. The highest BCUT2D eigenvalue weighted by molar-refractivity contribution is 6.30. The highest BCUT2D eigenvalue weighted by atomic mass is 35.5. The molecule has 0 amide bonds. The third kappa shape index (κ3) is 2.88. The van der Waals surface area contributed by atoms with Crippen LogP contribution in [0.3, 0.4) is 0 Å². The quantitative estimate of drug-likeness (QED) is 0.861. The Bertz CT molecular complexity index is 367. The van der Waals surface area contributed by atoms with Crippen molar-refractivity contribution in [1.29, 1.82) is 0 Å². The largest absolute Gasteiger partial charge is 0.480 e. The van der Waals surface area contributed by atoms with Crippen LogP contribution in [0.15, 0.2) is 24.3 Å². The molecule has 1 aliphatic rings. The summed E-state index contributed by atoms with van der Waals surface area (Å²) in [5.74, 6) is -0.772. The lowest BCUT2D eigenvalue weighted by Crippen LogP contribution is -2.31. The maximum Gasteiger partial charge on any atom is 0.320 e. The van der Waals surface area contributed by atoms with Gasteiger partial charge >= 0.3 is 5.97 Å². The van der Waals surface area contributed by atoms with Crippen molar-refractivity contribution in [3.05, 3.63) is 34.9 Å². The van der Waals surface area contributed by atoms with E-state index >= 15 is 0 Å². The van der Waals surface area contributed by atoms with Crippen molar-refractivity contribution in [3.8, 4) is 0 Å². The van der Waals surface area contributed by atoms with Crippen molar-refractivity contribution >= 4 is 30.0 Å². The summed E-state index contributed by atoms with van der Waals surface area (Å²) in [5, 5.41) is 12.6. The zero-order valence-electron chi connectivity index (χ0n) is 8.52. The van der Waals surface area contributed by atoms with Gasteiger partial charge in [-0.05, 0) is 30.5 Å². The second-order valence-electron chi connectivity index (χ2n) is 3.74. The van der Waals surface area contributed by atoms with Crippen molar-refractivity contribution in [3.63, 3.8) is 0 Å². The van der Waals surface area contributed by atoms with Gasteiger partial charge in [-0.2, -0.15) is 0 Å². The third-order valence-corrected chi connectivity index (χ3v) is 2.97. The summed E-state index contributed by atoms with van der Waals surface area (Å²) < 4.78 is 0. The van der Waals surface area contributed by atoms with E-state index in [9.17, 15) is 4.79 Å². The Labute approximate surface area is 105 Å². The first-order valence-corrected chi connectivity index (χ1v) is 5.29. The second-order valence-corrected chi connectivity index (χ2v) is 4.18. The summed E-state index contributed by atoms with van der Waals surface area (Å²) in [6.07, 6.45) is 1.54. The summed E-state index contributed by atoms with van der Waals surface area (Å²) in [4.78, 5) is 10.7. The van der Waals surface area contributed by atoms with E-state index in [1.165, 1.54) is 0 Å². The van der Waals surface area contributed by atoms with Gasteiger partial charge in [0, 0.05) is 11.1 Å². The molecular formula is C11H13Cl2NO2. The van der Waals surface area contributed by atoms with Gasteiger partial charge in [0.1, 0.15) is 6.04 Å². The van der Waals surface area contributed by atoms with E-state index in [1.54, 1.807) is 0 Å². The summed E-state index contributed by atoms with van der Waals surface area (Å²) in [7, 11) is 0. The van der Waals surface area contributed by atoms with Gasteiger partial charge < -0.3 is 5.11 Å². The molecule has 1 aliphatic heterocycles. The topological polar surface area (TPSA) is 49.3 Å². The van der Waals surface area contributed by atoms with E-state index in [4.69, 9.17) is 16.7 Å². The average Bonchev–Trinajstić information content (AvgIpc) is 2.68. The number of rotatable bonds is 2. The van der Waals surface area contributed by atoms with Crippen LogP contribution in [0.25, 0.3) is 0 Å². The monoisotopic (exact) mass is 261 g/mol. The number of nitrogens with one attached hydrogen (secondary N) is 1. The van der Waals surface area contributed by atoms with Crippen LogP contribution in [0.5, 0.6) is 0 Å². The van der Waals surface area contributed by atoms with E-state index in [1.807, 2.05) is 24.3 Å². The van der Waals surface area contributed by atoms with Crippen LogP contribution in [0.2, 0.25) is 5.02 Å². The van der Waals surface area contributed by atoms with Gasteiger partial charge in [0.2, 0.25) is 0 Å². The van der Waals surface area contributed by atoms with E-state index in [0.29, 0.717) is 11.4 Å². The van der Waals surface area contributed by atoms with Crippen LogP contribution in [-0.4, -0.2) is 17.1 Å². The van der Waals surface area contributed by atoms with Gasteiger partial charge in [-0.15, -0.1) is 12.4 Å². The van der Waals surface area contributed by atoms with Crippen molar-refractivity contribution in [2.24, 2.45) is 0 Å². The van der Waals surface area contributed by atoms with Crippen LogP contribution in [0.4, 0.5) is 0 Å². The second kappa shape index (κ2) is 5.53. The van der Waals surface area contributed by atoms with Gasteiger partial charge in [0.25, 0.3) is 0 Å². The van der Waals surface area contributed by atoms with Crippen LogP contribution in [0, 0.1) is 0 Å². The van der Waals surface area contributed by atoms with Gasteiger partial charge in [0.05, 0.1) is 0 Å². The minimum absolute atomic E-state index is 0. The SMILES string of the molecule is Cl.O=C(O)C1CCC(c2ccc(Cl)cc2)N1. The molecule has 16 heavy (non-hydrogen) atoms. The Kier molecular flexibility index (Phi) is 4.59. The molecule has 1 aromatic rings. The van der Waals surface area contributed by atoms with Crippen LogP contribution >= 0.6 is 24.0 Å². The fourth-order valence-corrected chi connectivity index (χ4v) is 2.02. The molecule has 1 fully saturated rings. The molecule has 0 radical (unpaired) electrons. The fraction of sp³-hybridized carbons (Fsp3) is 0.364. The Morgan fingerprint density at radius 3 is 2.44 bits per heavy atom. The molecule has 5 heteroatoms. The first kappa shape index (κ1) is 13.3. The molecule has 2 unspecified atom stereocenters. The third-order valence-electron chi connectivity index (χ3n) is 2.72. The van der Waals surface area contributed by atoms with Crippen LogP contribution in [0.1, 0.15) is 24.4 Å². The number of aliphatic carboxylic acids is 1. The molecule has 2 N–H and O–H groups in total. The molecule has 1 aromatic carbocycles. The number of hydrogen-bond acceptors (Lipinski definition) is 2. The summed E-state index contributed by atoms with van der Waals surface area (Å²) in [6, 6.07) is 7.25. The standard InChI is InChI=1S/C11H12ClNO2.ClH/c12-8-3-1-7(2-4-8)9-5-6-10(13-9)11(14)15;/h1-4,9-10,13H,5-6H2,(H,14,15);1H. The molecule has 1 heterocycles. The van der Waals surface area contributed by atoms with Gasteiger partial charge in [0.15, 0.2) is 0 Å². The zero-order valence-corrected chi connectivity index (χ0v) is 10.1. The summed E-state index contributed by atoms with van der Waals surface area (Å²) in [5.41, 5.74) is 1.10. The minimum Gasteiger partial charge on any atom is -0.480 e. The van der Waals surface area contributed by atoms with Gasteiger partial charge in [-0.3, -0.25) is 10.1 Å². The minimum atomic E-state index is -0.772. The smallest absolute Gasteiger partial charge is 0.320 e. The van der Waals surface area contributed by atoms with E-state index < -0.39 is 12.0 Å². The Morgan fingerprint density at radius 2 is 1.94 bits per heavy atom. The lowest BCUT2D eigenvalue weighted by Gasteiger charge is -2.12. The normalized spacial score (nSPS) is 23.8. The molecule has 0 aliphatic carbocycles. The number of carboxylic acids is 1. The summed E-state index contributed by atoms with van der Waals surface area (Å²) >= 11 is 5.78.